The minimum Gasteiger partial charge on any atom is -0.365 e. The summed E-state index contributed by atoms with van der Waals surface area (Å²) in [4.78, 5) is 17.7. The second-order valence-electron chi connectivity index (χ2n) is 4.54. The lowest BCUT2D eigenvalue weighted by Crippen LogP contribution is -2.18. The number of aromatic nitrogens is 3. The molecule has 2 rings (SSSR count). The minimum absolute atomic E-state index is 0.400. The highest BCUT2D eigenvalue weighted by Gasteiger charge is 2.16. The maximum Gasteiger partial charge on any atom is 0.252 e. The largest absolute Gasteiger partial charge is 0.365 e. The first kappa shape index (κ1) is 13.2. The molecular weight excluding hydrogens is 242 g/mol. The first-order chi connectivity index (χ1) is 9.08. The molecule has 2 heterocycles. The van der Waals surface area contributed by atoms with Crippen LogP contribution in [0.4, 0.5) is 0 Å². The maximum absolute atomic E-state index is 11.5. The number of pyridine rings is 1. The van der Waals surface area contributed by atoms with Crippen LogP contribution >= 0.6 is 0 Å². The molecular formula is C13H17N5O. The van der Waals surface area contributed by atoms with Crippen LogP contribution in [0.15, 0.2) is 30.6 Å². The highest BCUT2D eigenvalue weighted by Crippen LogP contribution is 2.19. The molecule has 1 amide bonds. The van der Waals surface area contributed by atoms with E-state index in [0.29, 0.717) is 23.5 Å². The molecule has 2 N–H and O–H groups in total. The van der Waals surface area contributed by atoms with Crippen molar-refractivity contribution in [1.82, 2.24) is 19.7 Å². The van der Waals surface area contributed by atoms with Crippen molar-refractivity contribution in [2.75, 3.05) is 20.6 Å². The molecule has 0 unspecified atom stereocenters. The van der Waals surface area contributed by atoms with Crippen LogP contribution in [-0.2, 0) is 6.54 Å². The molecule has 2 aromatic heterocycles. The van der Waals surface area contributed by atoms with Gasteiger partial charge in [0.2, 0.25) is 0 Å². The highest BCUT2D eigenvalue weighted by molar-refractivity contribution is 5.98. The van der Waals surface area contributed by atoms with Crippen LogP contribution in [0.25, 0.3) is 11.4 Å². The molecule has 0 aromatic carbocycles. The van der Waals surface area contributed by atoms with Crippen LogP contribution in [0.5, 0.6) is 0 Å². The van der Waals surface area contributed by atoms with Gasteiger partial charge in [-0.05, 0) is 26.2 Å². The van der Waals surface area contributed by atoms with Gasteiger partial charge < -0.3 is 10.6 Å². The minimum atomic E-state index is -0.489. The molecule has 0 bridgehead atoms. The Morgan fingerprint density at radius 2 is 2.21 bits per heavy atom. The second-order valence-corrected chi connectivity index (χ2v) is 4.54. The van der Waals surface area contributed by atoms with Crippen molar-refractivity contribution in [3.05, 3.63) is 36.2 Å². The van der Waals surface area contributed by atoms with E-state index in [4.69, 9.17) is 5.73 Å². The van der Waals surface area contributed by atoms with E-state index in [0.717, 1.165) is 6.54 Å². The molecule has 19 heavy (non-hydrogen) atoms. The Morgan fingerprint density at radius 3 is 2.79 bits per heavy atom. The lowest BCUT2D eigenvalue weighted by molar-refractivity contribution is 0.100. The van der Waals surface area contributed by atoms with Crippen molar-refractivity contribution >= 4 is 5.91 Å². The smallest absolute Gasteiger partial charge is 0.252 e. The summed E-state index contributed by atoms with van der Waals surface area (Å²) < 4.78 is 1.73. The summed E-state index contributed by atoms with van der Waals surface area (Å²) in [6.45, 7) is 1.53. The Hall–Kier alpha value is -2.21. The molecule has 0 radical (unpaired) electrons. The average molecular weight is 259 g/mol. The monoisotopic (exact) mass is 259 g/mol. The molecule has 0 aliphatic heterocycles. The molecule has 100 valence electrons. The van der Waals surface area contributed by atoms with Crippen molar-refractivity contribution < 1.29 is 4.79 Å². The number of rotatable bonds is 5. The van der Waals surface area contributed by atoms with E-state index in [2.05, 4.69) is 10.1 Å². The lowest BCUT2D eigenvalue weighted by atomic mass is 10.2. The fourth-order valence-corrected chi connectivity index (χ4v) is 1.71. The maximum atomic E-state index is 11.5. The third kappa shape index (κ3) is 3.17. The number of carbonyl (C=O) groups is 1. The fraction of sp³-hybridized carbons (Fsp3) is 0.308. The van der Waals surface area contributed by atoms with Gasteiger partial charge in [-0.2, -0.15) is 5.10 Å². The van der Waals surface area contributed by atoms with Gasteiger partial charge in [-0.1, -0.05) is 6.07 Å². The van der Waals surface area contributed by atoms with E-state index in [9.17, 15) is 4.79 Å². The fourth-order valence-electron chi connectivity index (χ4n) is 1.71. The molecule has 0 spiro atoms. The second kappa shape index (κ2) is 5.62. The van der Waals surface area contributed by atoms with Gasteiger partial charge in [-0.25, -0.2) is 0 Å². The summed E-state index contributed by atoms with van der Waals surface area (Å²) in [7, 11) is 3.97. The predicted octanol–water partition coefficient (Wildman–Crippen LogP) is 0.606. The molecule has 6 heteroatoms. The van der Waals surface area contributed by atoms with E-state index in [1.165, 1.54) is 0 Å². The van der Waals surface area contributed by atoms with E-state index in [-0.39, 0.29) is 0 Å². The van der Waals surface area contributed by atoms with Gasteiger partial charge in [0.15, 0.2) is 0 Å². The Bertz CT molecular complexity index is 562. The van der Waals surface area contributed by atoms with E-state index in [1.54, 1.807) is 17.1 Å². The number of hydrogen-bond donors (Lipinski definition) is 1. The van der Waals surface area contributed by atoms with Gasteiger partial charge >= 0.3 is 0 Å². The van der Waals surface area contributed by atoms with Crippen LogP contribution in [0.1, 0.15) is 10.4 Å². The van der Waals surface area contributed by atoms with Crippen LogP contribution in [0.2, 0.25) is 0 Å². The molecule has 0 atom stereocenters. The number of likely N-dealkylation sites (N-methyl/N-ethyl adjacent to an activating group) is 1. The van der Waals surface area contributed by atoms with Gasteiger partial charge in [0, 0.05) is 18.9 Å². The summed E-state index contributed by atoms with van der Waals surface area (Å²) in [5, 5.41) is 4.40. The van der Waals surface area contributed by atoms with Crippen LogP contribution in [0, 0.1) is 0 Å². The Morgan fingerprint density at radius 1 is 1.42 bits per heavy atom. The Labute approximate surface area is 111 Å². The first-order valence-electron chi connectivity index (χ1n) is 6.01. The third-order valence-corrected chi connectivity index (χ3v) is 2.71. The zero-order chi connectivity index (χ0) is 13.8. The van der Waals surface area contributed by atoms with Crippen LogP contribution < -0.4 is 5.73 Å². The average Bonchev–Trinajstić information content (AvgIpc) is 2.82. The molecule has 0 aliphatic rings. The van der Waals surface area contributed by atoms with Gasteiger partial charge in [-0.3, -0.25) is 14.5 Å². The van der Waals surface area contributed by atoms with Crippen molar-refractivity contribution in [2.24, 2.45) is 5.73 Å². The van der Waals surface area contributed by atoms with Gasteiger partial charge in [0.25, 0.3) is 5.91 Å². The van der Waals surface area contributed by atoms with Crippen molar-refractivity contribution in [2.45, 2.75) is 6.54 Å². The molecule has 2 aromatic rings. The van der Waals surface area contributed by atoms with Crippen molar-refractivity contribution in [3.63, 3.8) is 0 Å². The number of carbonyl (C=O) groups excluding carboxylic acids is 1. The Kier molecular flexibility index (Phi) is 3.91. The van der Waals surface area contributed by atoms with Gasteiger partial charge in [0.05, 0.1) is 17.8 Å². The number of hydrogen-bond acceptors (Lipinski definition) is 4. The predicted molar refractivity (Wildman–Crippen MR) is 72.5 cm³/mol. The zero-order valence-electron chi connectivity index (χ0n) is 11.1. The number of amides is 1. The van der Waals surface area contributed by atoms with Gasteiger partial charge in [0.1, 0.15) is 5.69 Å². The Balaban J connectivity index is 2.34. The van der Waals surface area contributed by atoms with Crippen molar-refractivity contribution in [3.8, 4) is 11.4 Å². The summed E-state index contributed by atoms with van der Waals surface area (Å²) in [6, 6.07) is 5.48. The van der Waals surface area contributed by atoms with Gasteiger partial charge in [-0.15, -0.1) is 0 Å². The number of primary amides is 1. The van der Waals surface area contributed by atoms with Crippen molar-refractivity contribution in [1.29, 1.82) is 0 Å². The first-order valence-corrected chi connectivity index (χ1v) is 6.01. The summed E-state index contributed by atoms with van der Waals surface area (Å²) >= 11 is 0. The van der Waals surface area contributed by atoms with E-state index in [1.807, 2.05) is 37.2 Å². The zero-order valence-corrected chi connectivity index (χ0v) is 11.1. The van der Waals surface area contributed by atoms with E-state index < -0.39 is 5.91 Å². The lowest BCUT2D eigenvalue weighted by Gasteiger charge is -2.08. The number of nitrogens with zero attached hydrogens (tertiary/aromatic N) is 4. The quantitative estimate of drug-likeness (QED) is 0.853. The summed E-state index contributed by atoms with van der Waals surface area (Å²) in [5.41, 5.74) is 6.98. The molecule has 0 aliphatic carbocycles. The number of nitrogens with two attached hydrogens (primary N) is 1. The third-order valence-electron chi connectivity index (χ3n) is 2.71. The molecule has 0 saturated heterocycles. The normalized spacial score (nSPS) is 10.9. The van der Waals surface area contributed by atoms with Crippen LogP contribution in [0.3, 0.4) is 0 Å². The molecule has 0 fully saturated rings. The molecule has 0 saturated carbocycles. The van der Waals surface area contributed by atoms with Crippen LogP contribution in [-0.4, -0.2) is 46.2 Å². The molecule has 6 nitrogen and oxygen atoms in total. The summed E-state index contributed by atoms with van der Waals surface area (Å²) in [5.74, 6) is -0.489. The van der Waals surface area contributed by atoms with E-state index >= 15 is 0 Å². The SMILES string of the molecule is CN(C)CCn1cc(C(N)=O)c(-c2ccccn2)n1. The summed E-state index contributed by atoms with van der Waals surface area (Å²) in [6.07, 6.45) is 3.34. The standard InChI is InChI=1S/C13H17N5O/c1-17(2)7-8-18-9-10(13(14)19)12(16-18)11-5-3-4-6-15-11/h3-6,9H,7-8H2,1-2H3,(H2,14,19). The highest BCUT2D eigenvalue weighted by atomic mass is 16.1. The topological polar surface area (TPSA) is 77.0 Å².